The van der Waals surface area contributed by atoms with Crippen LogP contribution in [0.1, 0.15) is 24.2 Å². The van der Waals surface area contributed by atoms with Crippen molar-refractivity contribution in [1.82, 2.24) is 4.57 Å². The molecule has 13 heavy (non-hydrogen) atoms. The Morgan fingerprint density at radius 1 is 1.62 bits per heavy atom. The number of carbonyl (C=O) groups is 1. The van der Waals surface area contributed by atoms with Crippen molar-refractivity contribution in [2.45, 2.75) is 19.4 Å². The maximum atomic E-state index is 10.6. The molecule has 0 saturated carbocycles. The predicted octanol–water partition coefficient (Wildman–Crippen LogP) is 0.914. The van der Waals surface area contributed by atoms with Gasteiger partial charge in [-0.15, -0.1) is 0 Å². The van der Waals surface area contributed by atoms with E-state index in [1.807, 2.05) is 13.8 Å². The van der Waals surface area contributed by atoms with Gasteiger partial charge in [0, 0.05) is 12.4 Å². The largest absolute Gasteiger partial charge is 0.478 e. The van der Waals surface area contributed by atoms with Crippen molar-refractivity contribution in [3.63, 3.8) is 0 Å². The quantitative estimate of drug-likeness (QED) is 0.732. The van der Waals surface area contributed by atoms with E-state index >= 15 is 0 Å². The van der Waals surface area contributed by atoms with E-state index in [0.717, 1.165) is 0 Å². The normalized spacial score (nSPS) is 11.6. The maximum absolute atomic E-state index is 10.6. The van der Waals surface area contributed by atoms with Crippen molar-refractivity contribution >= 4 is 5.97 Å². The number of aliphatic hydroxyl groups is 1. The van der Waals surface area contributed by atoms with Crippen LogP contribution in [0.2, 0.25) is 0 Å². The summed E-state index contributed by atoms with van der Waals surface area (Å²) in [5, 5.41) is 17.7. The number of carboxylic acid groups (broad SMARTS) is 1. The van der Waals surface area contributed by atoms with Crippen LogP contribution in [0.3, 0.4) is 0 Å². The Balaban J connectivity index is 2.98. The molecule has 0 aliphatic rings. The van der Waals surface area contributed by atoms with Gasteiger partial charge in [0.1, 0.15) is 0 Å². The molecule has 4 heteroatoms. The maximum Gasteiger partial charge on any atom is 0.337 e. The second-order valence-corrected chi connectivity index (χ2v) is 3.58. The molecule has 0 aromatic carbocycles. The van der Waals surface area contributed by atoms with Crippen molar-refractivity contribution in [2.75, 3.05) is 6.61 Å². The third-order valence-corrected chi connectivity index (χ3v) is 2.03. The zero-order chi connectivity index (χ0) is 10.1. The van der Waals surface area contributed by atoms with Gasteiger partial charge in [-0.1, -0.05) is 0 Å². The van der Waals surface area contributed by atoms with Gasteiger partial charge in [0.05, 0.1) is 17.7 Å². The third kappa shape index (κ3) is 1.89. The second-order valence-electron chi connectivity index (χ2n) is 3.58. The molecule has 0 aliphatic carbocycles. The second kappa shape index (κ2) is 3.22. The summed E-state index contributed by atoms with van der Waals surface area (Å²) in [6.07, 6.45) is 3.16. The molecular formula is C9H13NO3. The van der Waals surface area contributed by atoms with E-state index in [1.54, 1.807) is 10.8 Å². The number of aliphatic hydroxyl groups excluding tert-OH is 1. The fourth-order valence-corrected chi connectivity index (χ4v) is 0.981. The summed E-state index contributed by atoms with van der Waals surface area (Å²) in [6, 6.07) is 1.51. The van der Waals surface area contributed by atoms with E-state index in [2.05, 4.69) is 0 Å². The number of hydrogen-bond acceptors (Lipinski definition) is 2. The molecule has 0 amide bonds. The molecule has 0 bridgehead atoms. The molecule has 1 rings (SSSR count). The van der Waals surface area contributed by atoms with E-state index in [1.165, 1.54) is 12.3 Å². The zero-order valence-electron chi connectivity index (χ0n) is 7.69. The first-order valence-electron chi connectivity index (χ1n) is 4.00. The highest BCUT2D eigenvalue weighted by Crippen LogP contribution is 2.15. The molecule has 1 heterocycles. The molecule has 4 nitrogen and oxygen atoms in total. The lowest BCUT2D eigenvalue weighted by Crippen LogP contribution is -2.29. The summed E-state index contributed by atoms with van der Waals surface area (Å²) >= 11 is 0. The van der Waals surface area contributed by atoms with E-state index in [0.29, 0.717) is 0 Å². The van der Waals surface area contributed by atoms with Crippen LogP contribution in [0, 0.1) is 0 Å². The molecule has 0 aliphatic heterocycles. The fourth-order valence-electron chi connectivity index (χ4n) is 0.981. The summed E-state index contributed by atoms with van der Waals surface area (Å²) in [6.45, 7) is 3.64. The number of rotatable bonds is 3. The Hall–Kier alpha value is -1.29. The van der Waals surface area contributed by atoms with E-state index in [9.17, 15) is 4.79 Å². The molecule has 0 radical (unpaired) electrons. The van der Waals surface area contributed by atoms with Gasteiger partial charge in [-0.25, -0.2) is 4.79 Å². The van der Waals surface area contributed by atoms with Gasteiger partial charge < -0.3 is 14.8 Å². The SMILES string of the molecule is CC(C)(CO)n1ccc(C(=O)O)c1. The average Bonchev–Trinajstić information content (AvgIpc) is 2.52. The fraction of sp³-hybridized carbons (Fsp3) is 0.444. The van der Waals surface area contributed by atoms with Crippen molar-refractivity contribution in [1.29, 1.82) is 0 Å². The van der Waals surface area contributed by atoms with Crippen LogP contribution < -0.4 is 0 Å². The van der Waals surface area contributed by atoms with Crippen LogP contribution in [0.15, 0.2) is 18.5 Å². The third-order valence-electron chi connectivity index (χ3n) is 2.03. The summed E-state index contributed by atoms with van der Waals surface area (Å²) < 4.78 is 1.69. The Morgan fingerprint density at radius 2 is 2.23 bits per heavy atom. The highest BCUT2D eigenvalue weighted by molar-refractivity contribution is 5.87. The van der Waals surface area contributed by atoms with Crippen molar-refractivity contribution in [2.24, 2.45) is 0 Å². The standard InChI is InChI=1S/C9H13NO3/c1-9(2,6-11)10-4-3-7(5-10)8(12)13/h3-5,11H,6H2,1-2H3,(H,12,13). The lowest BCUT2D eigenvalue weighted by Gasteiger charge is -2.23. The minimum Gasteiger partial charge on any atom is -0.478 e. The van der Waals surface area contributed by atoms with Crippen LogP contribution in [0.4, 0.5) is 0 Å². The summed E-state index contributed by atoms with van der Waals surface area (Å²) in [5.41, 5.74) is -0.213. The van der Waals surface area contributed by atoms with Crippen molar-refractivity contribution in [3.05, 3.63) is 24.0 Å². The van der Waals surface area contributed by atoms with Gasteiger partial charge in [-0.05, 0) is 19.9 Å². The lowest BCUT2D eigenvalue weighted by molar-refractivity contribution is 0.0696. The highest BCUT2D eigenvalue weighted by Gasteiger charge is 2.19. The topological polar surface area (TPSA) is 62.5 Å². The Bertz CT molecular complexity index is 314. The van der Waals surface area contributed by atoms with Gasteiger partial charge in [0.15, 0.2) is 0 Å². The van der Waals surface area contributed by atoms with E-state index < -0.39 is 11.5 Å². The summed E-state index contributed by atoms with van der Waals surface area (Å²) in [7, 11) is 0. The zero-order valence-corrected chi connectivity index (χ0v) is 7.69. The molecule has 0 unspecified atom stereocenters. The van der Waals surface area contributed by atoms with Crippen LogP contribution in [-0.4, -0.2) is 27.4 Å². The first-order chi connectivity index (χ1) is 5.97. The number of aromatic nitrogens is 1. The van der Waals surface area contributed by atoms with E-state index in [4.69, 9.17) is 10.2 Å². The first kappa shape index (κ1) is 9.80. The Morgan fingerprint density at radius 3 is 2.62 bits per heavy atom. The first-order valence-corrected chi connectivity index (χ1v) is 4.00. The molecule has 1 aromatic heterocycles. The van der Waals surface area contributed by atoms with Crippen LogP contribution in [0.5, 0.6) is 0 Å². The van der Waals surface area contributed by atoms with Crippen molar-refractivity contribution < 1.29 is 15.0 Å². The molecule has 2 N–H and O–H groups in total. The van der Waals surface area contributed by atoms with Gasteiger partial charge in [-0.2, -0.15) is 0 Å². The summed E-state index contributed by atoms with van der Waals surface area (Å²) in [5.74, 6) is -0.951. The number of nitrogens with zero attached hydrogens (tertiary/aromatic N) is 1. The van der Waals surface area contributed by atoms with Gasteiger partial charge in [-0.3, -0.25) is 0 Å². The van der Waals surface area contributed by atoms with Crippen LogP contribution in [0.25, 0.3) is 0 Å². The minimum atomic E-state index is -0.951. The molecule has 72 valence electrons. The predicted molar refractivity (Wildman–Crippen MR) is 47.8 cm³/mol. The van der Waals surface area contributed by atoms with Gasteiger partial charge in [0.25, 0.3) is 0 Å². The average molecular weight is 183 g/mol. The van der Waals surface area contributed by atoms with Gasteiger partial charge in [0.2, 0.25) is 0 Å². The number of hydrogen-bond donors (Lipinski definition) is 2. The highest BCUT2D eigenvalue weighted by atomic mass is 16.4. The smallest absolute Gasteiger partial charge is 0.337 e. The molecule has 0 atom stereocenters. The molecule has 0 spiro atoms. The molecule has 0 fully saturated rings. The van der Waals surface area contributed by atoms with Crippen molar-refractivity contribution in [3.8, 4) is 0 Å². The van der Waals surface area contributed by atoms with E-state index in [-0.39, 0.29) is 12.2 Å². The molecule has 0 saturated heterocycles. The monoisotopic (exact) mass is 183 g/mol. The van der Waals surface area contributed by atoms with Crippen LogP contribution in [-0.2, 0) is 5.54 Å². The minimum absolute atomic E-state index is 0.0270. The lowest BCUT2D eigenvalue weighted by atomic mass is 10.1. The molecule has 1 aromatic rings. The molecular weight excluding hydrogens is 170 g/mol. The summed E-state index contributed by atoms with van der Waals surface area (Å²) in [4.78, 5) is 10.6. The Labute approximate surface area is 76.4 Å². The number of aromatic carboxylic acids is 1. The number of carboxylic acids is 1. The van der Waals surface area contributed by atoms with Crippen LogP contribution >= 0.6 is 0 Å². The Kier molecular flexibility index (Phi) is 2.43. The van der Waals surface area contributed by atoms with Gasteiger partial charge >= 0.3 is 5.97 Å².